The molecule has 9 aromatic carbocycles. The van der Waals surface area contributed by atoms with Crippen molar-refractivity contribution >= 4 is 54.3 Å². The van der Waals surface area contributed by atoms with Gasteiger partial charge in [0.25, 0.3) is 0 Å². The minimum atomic E-state index is 0.932. The quantitative estimate of drug-likeness (QED) is 0.153. The molecule has 10 rings (SSSR count). The molecule has 0 saturated heterocycles. The fraction of sp³-hybridized carbons (Fsp3) is 0.0769. The van der Waals surface area contributed by atoms with E-state index in [-0.39, 0.29) is 0 Å². The van der Waals surface area contributed by atoms with Gasteiger partial charge in [0, 0.05) is 10.8 Å². The summed E-state index contributed by atoms with van der Waals surface area (Å²) in [4.78, 5) is 0. The van der Waals surface area contributed by atoms with E-state index in [9.17, 15) is 0 Å². The number of rotatable bonds is 7. The highest BCUT2D eigenvalue weighted by Gasteiger charge is 2.19. The number of benzene rings is 9. The second kappa shape index (κ2) is 13.0. The van der Waals surface area contributed by atoms with E-state index < -0.39 is 0 Å². The van der Waals surface area contributed by atoms with Crippen molar-refractivity contribution in [1.29, 1.82) is 0 Å². The first-order valence-corrected chi connectivity index (χ1v) is 18.8. The Labute approximate surface area is 309 Å². The zero-order valence-corrected chi connectivity index (χ0v) is 29.8. The van der Waals surface area contributed by atoms with Crippen LogP contribution in [-0.2, 0) is 6.42 Å². The highest BCUT2D eigenvalue weighted by molar-refractivity contribution is 6.23. The molecule has 0 bridgehead atoms. The summed E-state index contributed by atoms with van der Waals surface area (Å²) in [5.41, 5.74) is 13.0. The lowest BCUT2D eigenvalue weighted by Gasteiger charge is -2.19. The van der Waals surface area contributed by atoms with Crippen LogP contribution in [0, 0.1) is 0 Å². The molecule has 0 amide bonds. The first-order valence-electron chi connectivity index (χ1n) is 18.8. The van der Waals surface area contributed by atoms with Crippen LogP contribution in [0.5, 0.6) is 0 Å². The summed E-state index contributed by atoms with van der Waals surface area (Å²) in [6, 6.07) is 64.6. The largest absolute Gasteiger partial charge is 0.456 e. The van der Waals surface area contributed by atoms with Crippen molar-refractivity contribution in [2.75, 3.05) is 0 Å². The Kier molecular flexibility index (Phi) is 7.65. The molecule has 0 saturated carbocycles. The van der Waals surface area contributed by atoms with E-state index >= 15 is 0 Å². The summed E-state index contributed by atoms with van der Waals surface area (Å²) in [5, 5.41) is 9.86. The monoisotopic (exact) mass is 678 g/mol. The molecule has 0 spiro atoms. The summed E-state index contributed by atoms with van der Waals surface area (Å²) in [5.74, 6) is 0. The van der Waals surface area contributed by atoms with Crippen molar-refractivity contribution in [2.45, 2.75) is 26.2 Å². The molecule has 0 fully saturated rings. The molecule has 0 aliphatic carbocycles. The van der Waals surface area contributed by atoms with Gasteiger partial charge >= 0.3 is 0 Å². The van der Waals surface area contributed by atoms with E-state index in [1.165, 1.54) is 100 Å². The van der Waals surface area contributed by atoms with E-state index in [0.717, 1.165) is 23.2 Å². The molecule has 0 aliphatic heterocycles. The van der Waals surface area contributed by atoms with Gasteiger partial charge in [-0.25, -0.2) is 0 Å². The molecule has 0 radical (unpaired) electrons. The maximum atomic E-state index is 6.48. The van der Waals surface area contributed by atoms with E-state index in [1.807, 2.05) is 0 Å². The molecule has 53 heavy (non-hydrogen) atoms. The Bertz CT molecular complexity index is 2920. The van der Waals surface area contributed by atoms with Crippen molar-refractivity contribution in [1.82, 2.24) is 0 Å². The zero-order valence-electron chi connectivity index (χ0n) is 29.8. The SMILES string of the molecule is CCCCc1ccc2c(c1)oc1cc(-c3cccc(-c4c5ccccc5c(-c5cccc6ccc(-c7ccccc7)cc56)c5ccccc45)c3)ccc12. The molecule has 0 atom stereocenters. The topological polar surface area (TPSA) is 13.1 Å². The van der Waals surface area contributed by atoms with Crippen LogP contribution in [0.15, 0.2) is 180 Å². The summed E-state index contributed by atoms with van der Waals surface area (Å²) in [6.45, 7) is 2.24. The Morgan fingerprint density at radius 3 is 1.72 bits per heavy atom. The lowest BCUT2D eigenvalue weighted by atomic mass is 9.84. The van der Waals surface area contributed by atoms with Crippen molar-refractivity contribution in [3.63, 3.8) is 0 Å². The van der Waals surface area contributed by atoms with E-state index in [2.05, 4.69) is 183 Å². The normalized spacial score (nSPS) is 11.7. The van der Waals surface area contributed by atoms with Gasteiger partial charge in [-0.1, -0.05) is 159 Å². The summed E-state index contributed by atoms with van der Waals surface area (Å²) < 4.78 is 6.48. The Balaban J connectivity index is 1.14. The van der Waals surface area contributed by atoms with Gasteiger partial charge in [-0.2, -0.15) is 0 Å². The second-order valence-corrected chi connectivity index (χ2v) is 14.3. The van der Waals surface area contributed by atoms with Crippen LogP contribution in [0.4, 0.5) is 0 Å². The lowest BCUT2D eigenvalue weighted by Crippen LogP contribution is -1.92. The third-order valence-electron chi connectivity index (χ3n) is 11.0. The Morgan fingerprint density at radius 2 is 0.962 bits per heavy atom. The number of hydrogen-bond donors (Lipinski definition) is 0. The van der Waals surface area contributed by atoms with Gasteiger partial charge in [-0.15, -0.1) is 0 Å². The molecule has 0 N–H and O–H groups in total. The van der Waals surface area contributed by atoms with Gasteiger partial charge < -0.3 is 4.42 Å². The van der Waals surface area contributed by atoms with Gasteiger partial charge in [0.15, 0.2) is 0 Å². The average molecular weight is 679 g/mol. The number of unbranched alkanes of at least 4 members (excludes halogenated alkanes) is 1. The summed E-state index contributed by atoms with van der Waals surface area (Å²) in [6.07, 6.45) is 3.47. The maximum Gasteiger partial charge on any atom is 0.136 e. The number of furan rings is 1. The minimum absolute atomic E-state index is 0.932. The summed E-state index contributed by atoms with van der Waals surface area (Å²) in [7, 11) is 0. The smallest absolute Gasteiger partial charge is 0.136 e. The van der Waals surface area contributed by atoms with Gasteiger partial charge in [0.05, 0.1) is 0 Å². The zero-order chi connectivity index (χ0) is 35.3. The van der Waals surface area contributed by atoms with Crippen LogP contribution in [0.1, 0.15) is 25.3 Å². The minimum Gasteiger partial charge on any atom is -0.456 e. The van der Waals surface area contributed by atoms with Crippen LogP contribution in [0.3, 0.4) is 0 Å². The van der Waals surface area contributed by atoms with Gasteiger partial charge in [0.2, 0.25) is 0 Å². The van der Waals surface area contributed by atoms with Crippen LogP contribution in [-0.4, -0.2) is 0 Å². The fourth-order valence-corrected chi connectivity index (χ4v) is 8.42. The maximum absolute atomic E-state index is 6.48. The molecule has 0 aliphatic rings. The molecular formula is C52H38O. The predicted molar refractivity (Wildman–Crippen MR) is 227 cm³/mol. The first kappa shape index (κ1) is 31.3. The standard InChI is InChI=1S/C52H38O/c1-2-3-13-34-24-28-41-42-29-27-39(33-50(42)53-49(41)30-34)37-17-11-18-40(31-37)51-43-19-7-9-21-45(43)52(46-22-10-8-20-44(46)51)47-23-12-16-36-25-26-38(32-48(36)47)35-14-5-4-6-15-35/h4-12,14-33H,2-3,13H2,1H3. The Morgan fingerprint density at radius 1 is 0.377 bits per heavy atom. The second-order valence-electron chi connectivity index (χ2n) is 14.3. The third-order valence-corrected chi connectivity index (χ3v) is 11.0. The van der Waals surface area contributed by atoms with Gasteiger partial charge in [-0.05, 0) is 126 Å². The molecule has 0 unspecified atom stereocenters. The van der Waals surface area contributed by atoms with Crippen molar-refractivity contribution in [3.05, 3.63) is 181 Å². The fourth-order valence-electron chi connectivity index (χ4n) is 8.42. The number of hydrogen-bond acceptors (Lipinski definition) is 1. The number of fused-ring (bicyclic) bond motifs is 6. The van der Waals surface area contributed by atoms with E-state index in [1.54, 1.807) is 0 Å². The molecule has 1 nitrogen and oxygen atoms in total. The van der Waals surface area contributed by atoms with Gasteiger partial charge in [0.1, 0.15) is 11.2 Å². The van der Waals surface area contributed by atoms with Crippen molar-refractivity contribution in [3.8, 4) is 44.5 Å². The molecule has 1 aromatic heterocycles. The summed E-state index contributed by atoms with van der Waals surface area (Å²) >= 11 is 0. The first-order chi connectivity index (χ1) is 26.2. The van der Waals surface area contributed by atoms with E-state index in [0.29, 0.717) is 0 Å². The molecule has 1 heteroatoms. The molecule has 1 heterocycles. The lowest BCUT2D eigenvalue weighted by molar-refractivity contribution is 0.667. The highest BCUT2D eigenvalue weighted by Crippen LogP contribution is 2.46. The highest BCUT2D eigenvalue weighted by atomic mass is 16.3. The van der Waals surface area contributed by atoms with E-state index in [4.69, 9.17) is 4.42 Å². The third kappa shape index (κ3) is 5.40. The predicted octanol–water partition coefficient (Wildman–Crippen LogP) is 15.1. The average Bonchev–Trinajstić information content (AvgIpc) is 3.59. The van der Waals surface area contributed by atoms with Crippen LogP contribution < -0.4 is 0 Å². The Hall–Kier alpha value is -6.44. The van der Waals surface area contributed by atoms with Crippen molar-refractivity contribution < 1.29 is 4.42 Å². The molecular weight excluding hydrogens is 641 g/mol. The van der Waals surface area contributed by atoms with Crippen LogP contribution in [0.2, 0.25) is 0 Å². The van der Waals surface area contributed by atoms with Crippen LogP contribution >= 0.6 is 0 Å². The molecule has 252 valence electrons. The molecule has 10 aromatic rings. The van der Waals surface area contributed by atoms with Gasteiger partial charge in [-0.3, -0.25) is 0 Å². The van der Waals surface area contributed by atoms with Crippen molar-refractivity contribution in [2.24, 2.45) is 0 Å². The van der Waals surface area contributed by atoms with Crippen LogP contribution in [0.25, 0.3) is 98.8 Å². The number of aryl methyl sites for hydroxylation is 1.